The molecule has 0 aliphatic carbocycles. The third-order valence-electron chi connectivity index (χ3n) is 2.88. The Bertz CT molecular complexity index is 567. The fourth-order valence-corrected chi connectivity index (χ4v) is 1.83. The van der Waals surface area contributed by atoms with Gasteiger partial charge in [-0.15, -0.1) is 10.2 Å². The van der Waals surface area contributed by atoms with Gasteiger partial charge in [0.25, 0.3) is 5.89 Å². The lowest BCUT2D eigenvalue weighted by Gasteiger charge is -2.07. The smallest absolute Gasteiger partial charge is 0.251 e. The van der Waals surface area contributed by atoms with E-state index in [1.165, 1.54) is 12.5 Å². The summed E-state index contributed by atoms with van der Waals surface area (Å²) < 4.78 is 5.04. The van der Waals surface area contributed by atoms with Crippen LogP contribution in [0.2, 0.25) is 0 Å². The van der Waals surface area contributed by atoms with Crippen molar-refractivity contribution in [3.63, 3.8) is 0 Å². The molecule has 2 rings (SSSR count). The minimum Gasteiger partial charge on any atom is -0.507 e. The fraction of sp³-hybridized carbons (Fsp3) is 0.357. The zero-order valence-corrected chi connectivity index (χ0v) is 11.3. The second-order valence-corrected chi connectivity index (χ2v) is 4.48. The number of unbranched alkanes of at least 4 members (excludes halogenated alkanes) is 2. The van der Waals surface area contributed by atoms with E-state index in [1.807, 2.05) is 0 Å². The Morgan fingerprint density at radius 3 is 2.95 bits per heavy atom. The van der Waals surface area contributed by atoms with E-state index in [9.17, 15) is 9.90 Å². The summed E-state index contributed by atoms with van der Waals surface area (Å²) >= 11 is 0. The second-order valence-electron chi connectivity index (χ2n) is 4.48. The molecule has 0 atom stereocenters. The first-order chi connectivity index (χ1) is 9.70. The van der Waals surface area contributed by atoms with Crippen molar-refractivity contribution in [3.8, 4) is 17.2 Å². The molecule has 0 aliphatic rings. The van der Waals surface area contributed by atoms with Gasteiger partial charge in [0, 0.05) is 12.1 Å². The molecule has 0 spiro atoms. The molecule has 1 heterocycles. The number of aromatic hydroxyl groups is 1. The Kier molecular flexibility index (Phi) is 4.70. The van der Waals surface area contributed by atoms with E-state index in [0.717, 1.165) is 19.3 Å². The van der Waals surface area contributed by atoms with Crippen molar-refractivity contribution in [3.05, 3.63) is 24.6 Å². The largest absolute Gasteiger partial charge is 0.507 e. The van der Waals surface area contributed by atoms with Gasteiger partial charge < -0.3 is 14.8 Å². The maximum atomic E-state index is 11.7. The first-order valence-electron chi connectivity index (χ1n) is 6.60. The van der Waals surface area contributed by atoms with Crippen LogP contribution in [0.3, 0.4) is 0 Å². The minimum absolute atomic E-state index is 0.0261. The van der Waals surface area contributed by atoms with Gasteiger partial charge in [-0.1, -0.05) is 19.8 Å². The fourth-order valence-electron chi connectivity index (χ4n) is 1.83. The number of nitrogens with zero attached hydrogens (tertiary/aromatic N) is 2. The standard InChI is InChI=1S/C14H17N3O3/c1-2-3-4-5-13(19)16-10-6-7-12(18)11(8-10)14-17-15-9-20-14/h6-9,18H,2-5H2,1H3,(H,16,19). The molecule has 2 aromatic rings. The van der Waals surface area contributed by atoms with Gasteiger partial charge in [-0.2, -0.15) is 0 Å². The molecule has 1 aromatic carbocycles. The molecular weight excluding hydrogens is 258 g/mol. The van der Waals surface area contributed by atoms with Crippen molar-refractivity contribution in [2.75, 3.05) is 5.32 Å². The predicted octanol–water partition coefficient (Wildman–Crippen LogP) is 2.96. The van der Waals surface area contributed by atoms with Crippen LogP contribution in [0, 0.1) is 0 Å². The summed E-state index contributed by atoms with van der Waals surface area (Å²) in [5.74, 6) is 0.198. The Morgan fingerprint density at radius 2 is 2.25 bits per heavy atom. The van der Waals surface area contributed by atoms with Crippen LogP contribution in [0.4, 0.5) is 5.69 Å². The molecule has 0 saturated carbocycles. The van der Waals surface area contributed by atoms with Crippen LogP contribution in [-0.4, -0.2) is 21.2 Å². The average Bonchev–Trinajstić information content (AvgIpc) is 2.95. The summed E-state index contributed by atoms with van der Waals surface area (Å²) in [6.45, 7) is 2.09. The molecule has 6 nitrogen and oxygen atoms in total. The number of phenolic OH excluding ortho intramolecular Hbond substituents is 1. The topological polar surface area (TPSA) is 88.2 Å². The van der Waals surface area contributed by atoms with E-state index in [1.54, 1.807) is 12.1 Å². The Labute approximate surface area is 116 Å². The zero-order chi connectivity index (χ0) is 14.4. The lowest BCUT2D eigenvalue weighted by molar-refractivity contribution is -0.116. The van der Waals surface area contributed by atoms with E-state index in [2.05, 4.69) is 22.4 Å². The molecule has 0 fully saturated rings. The number of rotatable bonds is 6. The van der Waals surface area contributed by atoms with Gasteiger partial charge >= 0.3 is 0 Å². The molecule has 0 aliphatic heterocycles. The zero-order valence-electron chi connectivity index (χ0n) is 11.3. The van der Waals surface area contributed by atoms with Gasteiger partial charge in [0.1, 0.15) is 5.75 Å². The van der Waals surface area contributed by atoms with E-state index >= 15 is 0 Å². The summed E-state index contributed by atoms with van der Waals surface area (Å²) in [5.41, 5.74) is 0.992. The maximum absolute atomic E-state index is 11.7. The summed E-state index contributed by atoms with van der Waals surface area (Å²) in [5, 5.41) is 19.9. The van der Waals surface area contributed by atoms with Crippen LogP contribution in [0.5, 0.6) is 5.75 Å². The number of amides is 1. The number of carbonyl (C=O) groups is 1. The van der Waals surface area contributed by atoms with Crippen LogP contribution < -0.4 is 5.32 Å². The highest BCUT2D eigenvalue weighted by Gasteiger charge is 2.11. The minimum atomic E-state index is -0.0411. The molecule has 6 heteroatoms. The third-order valence-corrected chi connectivity index (χ3v) is 2.88. The van der Waals surface area contributed by atoms with Gasteiger partial charge in [-0.3, -0.25) is 4.79 Å². The first kappa shape index (κ1) is 14.0. The summed E-state index contributed by atoms with van der Waals surface area (Å²) in [6.07, 6.45) is 4.66. The van der Waals surface area contributed by atoms with Crippen molar-refractivity contribution in [2.24, 2.45) is 0 Å². The number of phenols is 1. The van der Waals surface area contributed by atoms with Gasteiger partial charge in [0.15, 0.2) is 0 Å². The number of carbonyl (C=O) groups excluding carboxylic acids is 1. The molecule has 1 amide bonds. The van der Waals surface area contributed by atoms with Gasteiger partial charge in [-0.25, -0.2) is 0 Å². The number of hydrogen-bond acceptors (Lipinski definition) is 5. The van der Waals surface area contributed by atoms with Gasteiger partial charge in [0.05, 0.1) is 5.56 Å². The summed E-state index contributed by atoms with van der Waals surface area (Å²) in [7, 11) is 0. The molecule has 0 bridgehead atoms. The molecule has 106 valence electrons. The SMILES string of the molecule is CCCCCC(=O)Nc1ccc(O)c(-c2nnco2)c1. The monoisotopic (exact) mass is 275 g/mol. The number of hydrogen-bond donors (Lipinski definition) is 2. The van der Waals surface area contributed by atoms with Crippen LogP contribution in [0.15, 0.2) is 29.0 Å². The normalized spacial score (nSPS) is 10.4. The summed E-state index contributed by atoms with van der Waals surface area (Å²) in [6, 6.07) is 4.73. The van der Waals surface area contributed by atoms with E-state index in [0.29, 0.717) is 17.7 Å². The van der Waals surface area contributed by atoms with Crippen molar-refractivity contribution < 1.29 is 14.3 Å². The Hall–Kier alpha value is -2.37. The van der Waals surface area contributed by atoms with Crippen LogP contribution in [0.1, 0.15) is 32.6 Å². The predicted molar refractivity (Wildman–Crippen MR) is 74.2 cm³/mol. The van der Waals surface area contributed by atoms with E-state index in [-0.39, 0.29) is 17.5 Å². The quantitative estimate of drug-likeness (QED) is 0.625. The highest BCUT2D eigenvalue weighted by molar-refractivity contribution is 5.91. The average molecular weight is 275 g/mol. The third kappa shape index (κ3) is 3.57. The second kappa shape index (κ2) is 6.70. The Balaban J connectivity index is 2.06. The number of aromatic nitrogens is 2. The number of nitrogens with one attached hydrogen (secondary N) is 1. The van der Waals surface area contributed by atoms with Gasteiger partial charge in [0.2, 0.25) is 12.3 Å². The molecule has 1 aromatic heterocycles. The molecule has 0 radical (unpaired) electrons. The first-order valence-corrected chi connectivity index (χ1v) is 6.60. The maximum Gasteiger partial charge on any atom is 0.251 e. The number of anilines is 1. The van der Waals surface area contributed by atoms with E-state index < -0.39 is 0 Å². The summed E-state index contributed by atoms with van der Waals surface area (Å²) in [4.78, 5) is 11.7. The van der Waals surface area contributed by atoms with Crippen LogP contribution >= 0.6 is 0 Å². The van der Waals surface area contributed by atoms with Crippen molar-refractivity contribution in [1.82, 2.24) is 10.2 Å². The number of benzene rings is 1. The lowest BCUT2D eigenvalue weighted by atomic mass is 10.1. The molecular formula is C14H17N3O3. The Morgan fingerprint density at radius 1 is 1.40 bits per heavy atom. The highest BCUT2D eigenvalue weighted by atomic mass is 16.4. The highest BCUT2D eigenvalue weighted by Crippen LogP contribution is 2.30. The molecule has 0 saturated heterocycles. The molecule has 2 N–H and O–H groups in total. The molecule has 0 unspecified atom stereocenters. The van der Waals surface area contributed by atoms with Crippen molar-refractivity contribution >= 4 is 11.6 Å². The van der Waals surface area contributed by atoms with Crippen LogP contribution in [0.25, 0.3) is 11.5 Å². The molecule has 20 heavy (non-hydrogen) atoms. The van der Waals surface area contributed by atoms with E-state index in [4.69, 9.17) is 4.42 Å². The van der Waals surface area contributed by atoms with Crippen molar-refractivity contribution in [2.45, 2.75) is 32.6 Å². The lowest BCUT2D eigenvalue weighted by Crippen LogP contribution is -2.11. The van der Waals surface area contributed by atoms with Crippen molar-refractivity contribution in [1.29, 1.82) is 0 Å². The van der Waals surface area contributed by atoms with Gasteiger partial charge in [-0.05, 0) is 24.6 Å². The van der Waals surface area contributed by atoms with Crippen LogP contribution in [-0.2, 0) is 4.79 Å².